The van der Waals surface area contributed by atoms with Gasteiger partial charge in [0.05, 0.1) is 28.6 Å². The summed E-state index contributed by atoms with van der Waals surface area (Å²) in [6.45, 7) is -0.671. The number of nitrogens with one attached hydrogen (secondary N) is 1. The number of amides is 1. The quantitative estimate of drug-likeness (QED) is 0.423. The molecule has 0 radical (unpaired) electrons. The summed E-state index contributed by atoms with van der Waals surface area (Å²) in [6.07, 6.45) is 0.00632. The predicted molar refractivity (Wildman–Crippen MR) is 128 cm³/mol. The van der Waals surface area contributed by atoms with Gasteiger partial charge >= 0.3 is 5.97 Å². The van der Waals surface area contributed by atoms with Gasteiger partial charge in [-0.05, 0) is 60.7 Å². The molecule has 0 saturated heterocycles. The van der Waals surface area contributed by atoms with Gasteiger partial charge in [0, 0.05) is 17.3 Å². The molecule has 0 heterocycles. The minimum atomic E-state index is -4.03. The Morgan fingerprint density at radius 1 is 1.03 bits per heavy atom. The molecule has 0 fully saturated rings. The molecule has 180 valence electrons. The summed E-state index contributed by atoms with van der Waals surface area (Å²) in [4.78, 5) is 26.6. The normalized spacial score (nSPS) is 10.8. The molecular weight excluding hydrogens is 497 g/mol. The maximum atomic E-state index is 13.2. The van der Waals surface area contributed by atoms with E-state index >= 15 is 0 Å². The minimum absolute atomic E-state index is 0.00632. The van der Waals surface area contributed by atoms with Gasteiger partial charge in [-0.25, -0.2) is 17.6 Å². The van der Waals surface area contributed by atoms with Gasteiger partial charge in [-0.15, -0.1) is 0 Å². The second kappa shape index (κ2) is 11.5. The summed E-state index contributed by atoms with van der Waals surface area (Å²) >= 11 is 5.81. The number of esters is 1. The van der Waals surface area contributed by atoms with Crippen molar-refractivity contribution in [2.45, 2.75) is 11.3 Å². The smallest absolute Gasteiger partial charge is 0.340 e. The van der Waals surface area contributed by atoms with Crippen LogP contribution in [0.2, 0.25) is 5.02 Å². The van der Waals surface area contributed by atoms with E-state index in [-0.39, 0.29) is 29.1 Å². The Bertz CT molecular complexity index is 1360. The number of sulfonamides is 1. The number of hydrogen-bond acceptors (Lipinski definition) is 6. The first kappa shape index (κ1) is 25.7. The predicted octanol–water partition coefficient (Wildman–Crippen LogP) is 4.38. The molecule has 1 N–H and O–H groups in total. The molecule has 3 aromatic rings. The first-order valence-electron chi connectivity index (χ1n) is 10.2. The van der Waals surface area contributed by atoms with Crippen molar-refractivity contribution in [3.05, 3.63) is 89.2 Å². The SMILES string of the molecule is N#CCCN(C(=O)COC(=O)c1ccccc1NS(=O)(=O)c1ccc(Cl)cc1)c1ccc(F)cc1. The van der Waals surface area contributed by atoms with E-state index in [4.69, 9.17) is 21.6 Å². The van der Waals surface area contributed by atoms with E-state index in [1.165, 1.54) is 65.6 Å². The third kappa shape index (κ3) is 6.79. The second-order valence-electron chi connectivity index (χ2n) is 7.11. The Balaban J connectivity index is 1.74. The van der Waals surface area contributed by atoms with Gasteiger partial charge in [0.25, 0.3) is 15.9 Å². The van der Waals surface area contributed by atoms with Crippen LogP contribution < -0.4 is 9.62 Å². The van der Waals surface area contributed by atoms with E-state index in [0.29, 0.717) is 10.7 Å². The fraction of sp³-hybridized carbons (Fsp3) is 0.125. The maximum Gasteiger partial charge on any atom is 0.340 e. The summed E-state index contributed by atoms with van der Waals surface area (Å²) in [5.41, 5.74) is 0.182. The maximum absolute atomic E-state index is 13.2. The molecule has 8 nitrogen and oxygen atoms in total. The summed E-state index contributed by atoms with van der Waals surface area (Å²) in [5.74, 6) is -2.07. The van der Waals surface area contributed by atoms with Gasteiger partial charge in [-0.1, -0.05) is 23.7 Å². The van der Waals surface area contributed by atoms with Gasteiger partial charge < -0.3 is 9.64 Å². The highest BCUT2D eigenvalue weighted by molar-refractivity contribution is 7.92. The minimum Gasteiger partial charge on any atom is -0.452 e. The third-order valence-electron chi connectivity index (χ3n) is 4.73. The molecule has 0 aliphatic rings. The molecule has 0 atom stereocenters. The molecule has 1 amide bonds. The standard InChI is InChI=1S/C24H19ClFN3O5S/c25-17-6-12-20(13-7-17)35(32,33)28-22-5-2-1-4-21(22)24(31)34-16-23(30)29(15-3-14-27)19-10-8-18(26)9-11-19/h1-2,4-13,28H,3,15-16H2. The largest absolute Gasteiger partial charge is 0.452 e. The highest BCUT2D eigenvalue weighted by Crippen LogP contribution is 2.22. The number of benzene rings is 3. The van der Waals surface area contributed by atoms with Crippen molar-refractivity contribution in [3.63, 3.8) is 0 Å². The number of nitrogens with zero attached hydrogens (tertiary/aromatic N) is 2. The van der Waals surface area contributed by atoms with Crippen molar-refractivity contribution in [3.8, 4) is 6.07 Å². The highest BCUT2D eigenvalue weighted by atomic mass is 35.5. The number of ether oxygens (including phenoxy) is 1. The van der Waals surface area contributed by atoms with E-state index in [1.54, 1.807) is 0 Å². The summed E-state index contributed by atoms with van der Waals surface area (Å²) < 4.78 is 46.1. The molecule has 0 aliphatic heterocycles. The molecule has 0 bridgehead atoms. The molecular formula is C24H19ClFN3O5S. The van der Waals surface area contributed by atoms with E-state index in [9.17, 15) is 22.4 Å². The van der Waals surface area contributed by atoms with E-state index in [0.717, 1.165) is 12.1 Å². The average molecular weight is 516 g/mol. The molecule has 0 unspecified atom stereocenters. The zero-order chi connectivity index (χ0) is 25.4. The van der Waals surface area contributed by atoms with Gasteiger partial charge in [0.2, 0.25) is 0 Å². The number of halogens is 2. The molecule has 11 heteroatoms. The van der Waals surface area contributed by atoms with Crippen LogP contribution in [0.5, 0.6) is 0 Å². The number of rotatable bonds is 9. The van der Waals surface area contributed by atoms with E-state index < -0.39 is 34.3 Å². The van der Waals surface area contributed by atoms with Crippen LogP contribution in [0, 0.1) is 17.1 Å². The first-order valence-corrected chi connectivity index (χ1v) is 12.0. The van der Waals surface area contributed by atoms with Crippen LogP contribution >= 0.6 is 11.6 Å². The van der Waals surface area contributed by atoms with Crippen molar-refractivity contribution in [1.82, 2.24) is 0 Å². The lowest BCUT2D eigenvalue weighted by Gasteiger charge is -2.21. The summed E-state index contributed by atoms with van der Waals surface area (Å²) in [7, 11) is -4.03. The monoisotopic (exact) mass is 515 g/mol. The molecule has 0 spiro atoms. The van der Waals surface area contributed by atoms with E-state index in [1.807, 2.05) is 6.07 Å². The number of para-hydroxylation sites is 1. The van der Waals surface area contributed by atoms with Gasteiger partial charge in [0.15, 0.2) is 6.61 Å². The molecule has 0 saturated carbocycles. The fourth-order valence-corrected chi connectivity index (χ4v) is 4.24. The molecule has 0 aliphatic carbocycles. The number of nitriles is 1. The van der Waals surface area contributed by atoms with Crippen LogP contribution in [-0.4, -0.2) is 33.4 Å². The van der Waals surface area contributed by atoms with Crippen molar-refractivity contribution in [1.29, 1.82) is 5.26 Å². The zero-order valence-electron chi connectivity index (χ0n) is 18.1. The van der Waals surface area contributed by atoms with Crippen LogP contribution in [-0.2, 0) is 19.6 Å². The first-order chi connectivity index (χ1) is 16.7. The molecule has 3 rings (SSSR count). The van der Waals surface area contributed by atoms with Crippen LogP contribution in [0.4, 0.5) is 15.8 Å². The van der Waals surface area contributed by atoms with Crippen molar-refractivity contribution >= 4 is 44.9 Å². The Kier molecular flexibility index (Phi) is 8.41. The van der Waals surface area contributed by atoms with Crippen LogP contribution in [0.3, 0.4) is 0 Å². The molecule has 0 aromatic heterocycles. The highest BCUT2D eigenvalue weighted by Gasteiger charge is 2.22. The van der Waals surface area contributed by atoms with Crippen LogP contribution in [0.15, 0.2) is 77.7 Å². The van der Waals surface area contributed by atoms with Crippen LogP contribution in [0.25, 0.3) is 0 Å². The lowest BCUT2D eigenvalue weighted by atomic mass is 10.2. The van der Waals surface area contributed by atoms with Gasteiger partial charge in [0.1, 0.15) is 5.82 Å². The zero-order valence-corrected chi connectivity index (χ0v) is 19.7. The number of hydrogen-bond donors (Lipinski definition) is 1. The average Bonchev–Trinajstić information content (AvgIpc) is 2.84. The van der Waals surface area contributed by atoms with Crippen molar-refractivity contribution in [2.24, 2.45) is 0 Å². The lowest BCUT2D eigenvalue weighted by molar-refractivity contribution is -0.121. The number of carbonyl (C=O) groups excluding carboxylic acids is 2. The number of anilines is 2. The Labute approximate surface area is 206 Å². The Morgan fingerprint density at radius 2 is 1.69 bits per heavy atom. The van der Waals surface area contributed by atoms with Gasteiger partial charge in [-0.3, -0.25) is 9.52 Å². The number of carbonyl (C=O) groups is 2. The fourth-order valence-electron chi connectivity index (χ4n) is 3.03. The van der Waals surface area contributed by atoms with E-state index in [2.05, 4.69) is 4.72 Å². The van der Waals surface area contributed by atoms with Crippen molar-refractivity contribution in [2.75, 3.05) is 22.8 Å². The van der Waals surface area contributed by atoms with Crippen molar-refractivity contribution < 1.29 is 27.1 Å². The summed E-state index contributed by atoms with van der Waals surface area (Å²) in [5, 5.41) is 9.24. The molecule has 35 heavy (non-hydrogen) atoms. The Hall–Kier alpha value is -3.94. The lowest BCUT2D eigenvalue weighted by Crippen LogP contribution is -2.35. The molecule has 3 aromatic carbocycles. The van der Waals surface area contributed by atoms with Gasteiger partial charge in [-0.2, -0.15) is 5.26 Å². The summed E-state index contributed by atoms with van der Waals surface area (Å²) in [6, 6.07) is 18.2. The topological polar surface area (TPSA) is 117 Å². The third-order valence-corrected chi connectivity index (χ3v) is 6.36. The second-order valence-corrected chi connectivity index (χ2v) is 9.23. The van der Waals surface area contributed by atoms with Crippen LogP contribution in [0.1, 0.15) is 16.8 Å². The Morgan fingerprint density at radius 3 is 2.34 bits per heavy atom.